The first kappa shape index (κ1) is 22.7. The van der Waals surface area contributed by atoms with Crippen LogP contribution in [-0.4, -0.2) is 31.5 Å². The van der Waals surface area contributed by atoms with Crippen LogP contribution in [0.25, 0.3) is 27.8 Å². The lowest BCUT2D eigenvalue weighted by atomic mass is 10.0. The number of benzene rings is 2. The minimum absolute atomic E-state index is 0. The van der Waals surface area contributed by atoms with Gasteiger partial charge in [0.25, 0.3) is 5.91 Å². The van der Waals surface area contributed by atoms with Crippen LogP contribution >= 0.6 is 24.2 Å². The van der Waals surface area contributed by atoms with E-state index in [4.69, 9.17) is 0 Å². The topological polar surface area (TPSA) is 72.2 Å². The molecule has 0 aliphatic carbocycles. The fourth-order valence-electron chi connectivity index (χ4n) is 3.61. The summed E-state index contributed by atoms with van der Waals surface area (Å²) in [7, 11) is 0. The number of pyridine rings is 1. The number of fused-ring (bicyclic) bond motifs is 3. The average Bonchev–Trinajstić information content (AvgIpc) is 3.21. The number of anilines is 1. The van der Waals surface area contributed by atoms with Gasteiger partial charge in [0, 0.05) is 28.9 Å². The van der Waals surface area contributed by atoms with Crippen LogP contribution in [0, 0.1) is 12.7 Å². The quantitative estimate of drug-likeness (QED) is 0.261. The highest BCUT2D eigenvalue weighted by Crippen LogP contribution is 2.31. The van der Waals surface area contributed by atoms with Gasteiger partial charge in [-0.05, 0) is 49.1 Å². The molecule has 0 atom stereocenters. The maximum absolute atomic E-state index is 15.0. The molecule has 0 spiro atoms. The second kappa shape index (κ2) is 9.17. The van der Waals surface area contributed by atoms with Gasteiger partial charge in [-0.2, -0.15) is 0 Å². The van der Waals surface area contributed by atoms with Crippen molar-refractivity contribution in [2.75, 3.05) is 11.6 Å². The predicted molar refractivity (Wildman–Crippen MR) is 132 cm³/mol. The van der Waals surface area contributed by atoms with Crippen LogP contribution < -0.4 is 5.32 Å². The lowest BCUT2D eigenvalue weighted by molar-refractivity contribution is 0.102. The first-order valence-corrected chi connectivity index (χ1v) is 11.1. The summed E-state index contributed by atoms with van der Waals surface area (Å²) in [5.74, 6) is -0.890. The Morgan fingerprint density at radius 3 is 2.58 bits per heavy atom. The molecule has 3 aromatic heterocycles. The van der Waals surface area contributed by atoms with Crippen LogP contribution in [0.2, 0.25) is 0 Å². The van der Waals surface area contributed by atoms with E-state index in [0.717, 1.165) is 22.3 Å². The fraction of sp³-hybridized carbons (Fsp3) is 0.0833. The SMILES string of the molecule is CSc1ncc2cc(-c3ccc(NC(=O)c4ccccc4)c(F)c3)c3nc(C)cn3c2n1.Cl. The minimum Gasteiger partial charge on any atom is -0.319 e. The van der Waals surface area contributed by atoms with E-state index >= 15 is 0 Å². The molecule has 0 bridgehead atoms. The number of carbonyl (C=O) groups is 1. The largest absolute Gasteiger partial charge is 0.319 e. The van der Waals surface area contributed by atoms with Gasteiger partial charge in [0.15, 0.2) is 5.16 Å². The maximum atomic E-state index is 15.0. The van der Waals surface area contributed by atoms with Gasteiger partial charge in [0.2, 0.25) is 0 Å². The number of nitrogens with one attached hydrogen (secondary N) is 1. The van der Waals surface area contributed by atoms with Crippen molar-refractivity contribution in [3.05, 3.63) is 84.1 Å². The smallest absolute Gasteiger partial charge is 0.255 e. The Hall–Kier alpha value is -3.49. The number of aryl methyl sites for hydroxylation is 1. The van der Waals surface area contributed by atoms with E-state index in [-0.39, 0.29) is 24.0 Å². The van der Waals surface area contributed by atoms with Crippen molar-refractivity contribution in [2.24, 2.45) is 0 Å². The number of hydrogen-bond donors (Lipinski definition) is 1. The van der Waals surface area contributed by atoms with Crippen molar-refractivity contribution in [2.45, 2.75) is 12.1 Å². The highest BCUT2D eigenvalue weighted by molar-refractivity contribution is 7.98. The highest BCUT2D eigenvalue weighted by Gasteiger charge is 2.15. The molecule has 9 heteroatoms. The Morgan fingerprint density at radius 2 is 1.85 bits per heavy atom. The van der Waals surface area contributed by atoms with Crippen LogP contribution in [0.1, 0.15) is 16.1 Å². The van der Waals surface area contributed by atoms with E-state index < -0.39 is 5.82 Å². The highest BCUT2D eigenvalue weighted by atomic mass is 35.5. The molecule has 0 unspecified atom stereocenters. The molecule has 2 aromatic carbocycles. The fourth-order valence-corrected chi connectivity index (χ4v) is 3.95. The van der Waals surface area contributed by atoms with Crippen molar-refractivity contribution in [1.29, 1.82) is 0 Å². The molecule has 6 nitrogen and oxygen atoms in total. The van der Waals surface area contributed by atoms with Gasteiger partial charge < -0.3 is 5.32 Å². The standard InChI is InChI=1S/C24H18FN5OS.ClH/c1-14-13-30-21-17(12-26-24(29-21)32-2)10-18(22(30)27-14)16-8-9-20(19(25)11-16)28-23(31)15-6-4-3-5-7-15;/h3-13H,1-2H3,(H,28,31);1H. The summed E-state index contributed by atoms with van der Waals surface area (Å²) in [5, 5.41) is 4.12. The molecule has 3 heterocycles. The zero-order chi connectivity index (χ0) is 22.2. The molecule has 0 saturated carbocycles. The number of hydrogen-bond acceptors (Lipinski definition) is 5. The molecule has 0 radical (unpaired) electrons. The van der Waals surface area contributed by atoms with Crippen LogP contribution in [0.5, 0.6) is 0 Å². The van der Waals surface area contributed by atoms with E-state index in [1.807, 2.05) is 35.9 Å². The summed E-state index contributed by atoms with van der Waals surface area (Å²) in [6.07, 6.45) is 5.59. The Morgan fingerprint density at radius 1 is 1.06 bits per heavy atom. The third-order valence-electron chi connectivity index (χ3n) is 5.12. The van der Waals surface area contributed by atoms with E-state index in [1.54, 1.807) is 42.6 Å². The molecular weight excluding hydrogens is 461 g/mol. The Labute approximate surface area is 199 Å². The molecule has 1 amide bonds. The summed E-state index contributed by atoms with van der Waals surface area (Å²) in [4.78, 5) is 26.0. The van der Waals surface area contributed by atoms with Crippen LogP contribution in [0.3, 0.4) is 0 Å². The number of imidazole rings is 1. The summed E-state index contributed by atoms with van der Waals surface area (Å²) >= 11 is 1.47. The summed E-state index contributed by atoms with van der Waals surface area (Å²) in [6.45, 7) is 1.90. The number of thioether (sulfide) groups is 1. The predicted octanol–water partition coefficient (Wildman–Crippen LogP) is 5.79. The number of aromatic nitrogens is 4. The van der Waals surface area contributed by atoms with E-state index in [0.29, 0.717) is 21.9 Å². The molecule has 166 valence electrons. The monoisotopic (exact) mass is 479 g/mol. The zero-order valence-electron chi connectivity index (χ0n) is 17.7. The van der Waals surface area contributed by atoms with E-state index in [9.17, 15) is 9.18 Å². The number of nitrogens with zero attached hydrogens (tertiary/aromatic N) is 4. The van der Waals surface area contributed by atoms with Gasteiger partial charge in [0.1, 0.15) is 17.1 Å². The van der Waals surface area contributed by atoms with Crippen molar-refractivity contribution < 1.29 is 9.18 Å². The Bertz CT molecular complexity index is 1490. The van der Waals surface area contributed by atoms with Crippen LogP contribution in [-0.2, 0) is 0 Å². The summed E-state index contributed by atoms with van der Waals surface area (Å²) in [6, 6.07) is 15.4. The molecule has 0 fully saturated rings. The van der Waals surface area contributed by atoms with Crippen LogP contribution in [0.15, 0.2) is 72.1 Å². The first-order valence-electron chi connectivity index (χ1n) is 9.89. The van der Waals surface area contributed by atoms with Crippen molar-refractivity contribution in [3.8, 4) is 11.1 Å². The normalized spacial score (nSPS) is 10.9. The Balaban J connectivity index is 0.00000259. The maximum Gasteiger partial charge on any atom is 0.255 e. The van der Waals surface area contributed by atoms with Crippen molar-refractivity contribution >= 4 is 52.4 Å². The molecule has 5 aromatic rings. The Kier molecular flexibility index (Phi) is 6.31. The number of carbonyl (C=O) groups excluding carboxylic acids is 1. The average molecular weight is 480 g/mol. The lowest BCUT2D eigenvalue weighted by Crippen LogP contribution is -2.12. The van der Waals surface area contributed by atoms with Gasteiger partial charge in [-0.1, -0.05) is 36.0 Å². The molecule has 0 saturated heterocycles. The molecular formula is C24H19ClFN5OS. The van der Waals surface area contributed by atoms with Gasteiger partial charge >= 0.3 is 0 Å². The van der Waals surface area contributed by atoms with Gasteiger partial charge in [-0.15, -0.1) is 12.4 Å². The molecule has 1 N–H and O–H groups in total. The second-order valence-corrected chi connectivity index (χ2v) is 8.06. The third-order valence-corrected chi connectivity index (χ3v) is 5.68. The summed E-state index contributed by atoms with van der Waals surface area (Å²) in [5.41, 5.74) is 4.24. The van der Waals surface area contributed by atoms with E-state index in [2.05, 4.69) is 20.3 Å². The molecule has 0 aliphatic heterocycles. The third kappa shape index (κ3) is 4.27. The van der Waals surface area contributed by atoms with E-state index in [1.165, 1.54) is 17.8 Å². The van der Waals surface area contributed by atoms with Crippen LogP contribution in [0.4, 0.5) is 10.1 Å². The van der Waals surface area contributed by atoms with Crippen molar-refractivity contribution in [3.63, 3.8) is 0 Å². The summed E-state index contributed by atoms with van der Waals surface area (Å²) < 4.78 is 16.9. The number of rotatable bonds is 4. The molecule has 5 rings (SSSR count). The van der Waals surface area contributed by atoms with Gasteiger partial charge in [0.05, 0.1) is 11.4 Å². The second-order valence-electron chi connectivity index (χ2n) is 7.28. The van der Waals surface area contributed by atoms with Gasteiger partial charge in [-0.3, -0.25) is 9.20 Å². The molecule has 0 aliphatic rings. The van der Waals surface area contributed by atoms with Crippen molar-refractivity contribution in [1.82, 2.24) is 19.4 Å². The first-order chi connectivity index (χ1) is 15.5. The lowest BCUT2D eigenvalue weighted by Gasteiger charge is -2.11. The molecule has 33 heavy (non-hydrogen) atoms. The van der Waals surface area contributed by atoms with Gasteiger partial charge in [-0.25, -0.2) is 19.3 Å². The number of amides is 1. The number of halogens is 2. The minimum atomic E-state index is -0.526. The zero-order valence-corrected chi connectivity index (χ0v) is 19.4.